The second-order valence-electron chi connectivity index (χ2n) is 4.38. The molecule has 3 nitrogen and oxygen atoms in total. The van der Waals surface area contributed by atoms with Crippen LogP contribution in [0.2, 0.25) is 0 Å². The van der Waals surface area contributed by atoms with Gasteiger partial charge in [-0.1, -0.05) is 12.1 Å². The summed E-state index contributed by atoms with van der Waals surface area (Å²) in [7, 11) is 5.06. The van der Waals surface area contributed by atoms with Crippen molar-refractivity contribution >= 4 is 0 Å². The molecule has 0 fully saturated rings. The van der Waals surface area contributed by atoms with Gasteiger partial charge in [0.25, 0.3) is 0 Å². The lowest BCUT2D eigenvalue weighted by Gasteiger charge is -2.20. The molecular formula is C16H18FNO2. The lowest BCUT2D eigenvalue weighted by atomic mass is 9.97. The number of hydrogen-bond acceptors (Lipinski definition) is 3. The Kier molecular flexibility index (Phi) is 4.58. The summed E-state index contributed by atoms with van der Waals surface area (Å²) in [5.74, 6) is 1.21. The first-order chi connectivity index (χ1) is 9.69. The summed E-state index contributed by atoms with van der Waals surface area (Å²) >= 11 is 0. The van der Waals surface area contributed by atoms with Crippen LogP contribution in [0.1, 0.15) is 17.2 Å². The van der Waals surface area contributed by atoms with Crippen LogP contribution in [0.5, 0.6) is 11.5 Å². The van der Waals surface area contributed by atoms with E-state index in [-0.39, 0.29) is 11.9 Å². The summed E-state index contributed by atoms with van der Waals surface area (Å²) in [5, 5.41) is 3.19. The lowest BCUT2D eigenvalue weighted by molar-refractivity contribution is 0.395. The van der Waals surface area contributed by atoms with Gasteiger partial charge in [0.1, 0.15) is 17.3 Å². The van der Waals surface area contributed by atoms with Crippen molar-refractivity contribution in [2.45, 2.75) is 6.04 Å². The highest BCUT2D eigenvalue weighted by atomic mass is 19.1. The third kappa shape index (κ3) is 2.91. The minimum absolute atomic E-state index is 0.171. The van der Waals surface area contributed by atoms with Crippen LogP contribution in [0, 0.1) is 5.82 Å². The highest BCUT2D eigenvalue weighted by Gasteiger charge is 2.18. The molecule has 2 aromatic rings. The summed E-state index contributed by atoms with van der Waals surface area (Å²) in [5.41, 5.74) is 1.74. The Bertz CT molecular complexity index is 586. The van der Waals surface area contributed by atoms with E-state index in [1.165, 1.54) is 12.1 Å². The Hall–Kier alpha value is -2.07. The average molecular weight is 275 g/mol. The maximum Gasteiger partial charge on any atom is 0.124 e. The quantitative estimate of drug-likeness (QED) is 0.909. The predicted molar refractivity (Wildman–Crippen MR) is 76.8 cm³/mol. The Morgan fingerprint density at radius 3 is 2.45 bits per heavy atom. The molecule has 1 atom stereocenters. The Morgan fingerprint density at radius 1 is 1.05 bits per heavy atom. The van der Waals surface area contributed by atoms with Crippen LogP contribution in [-0.2, 0) is 0 Å². The van der Waals surface area contributed by atoms with E-state index in [1.807, 2.05) is 31.3 Å². The van der Waals surface area contributed by atoms with Crippen molar-refractivity contribution in [1.82, 2.24) is 5.32 Å². The van der Waals surface area contributed by atoms with Crippen LogP contribution < -0.4 is 14.8 Å². The van der Waals surface area contributed by atoms with Crippen molar-refractivity contribution in [2.24, 2.45) is 0 Å². The van der Waals surface area contributed by atoms with Gasteiger partial charge in [-0.3, -0.25) is 0 Å². The number of nitrogens with one attached hydrogen (secondary N) is 1. The SMILES string of the molecule is CNC(c1cccc(F)c1)c1cc(OC)ccc1OC. The maximum absolute atomic E-state index is 13.4. The van der Waals surface area contributed by atoms with E-state index in [9.17, 15) is 4.39 Å². The van der Waals surface area contributed by atoms with Crippen LogP contribution in [-0.4, -0.2) is 21.3 Å². The fourth-order valence-corrected chi connectivity index (χ4v) is 2.25. The highest BCUT2D eigenvalue weighted by Crippen LogP contribution is 2.33. The van der Waals surface area contributed by atoms with Crippen molar-refractivity contribution in [1.29, 1.82) is 0 Å². The minimum Gasteiger partial charge on any atom is -0.497 e. The molecule has 106 valence electrons. The Balaban J connectivity index is 2.50. The zero-order chi connectivity index (χ0) is 14.5. The van der Waals surface area contributed by atoms with Gasteiger partial charge in [-0.15, -0.1) is 0 Å². The fourth-order valence-electron chi connectivity index (χ4n) is 2.25. The molecule has 1 N–H and O–H groups in total. The topological polar surface area (TPSA) is 30.5 Å². The van der Waals surface area contributed by atoms with Crippen LogP contribution in [0.15, 0.2) is 42.5 Å². The maximum atomic E-state index is 13.4. The Morgan fingerprint density at radius 2 is 1.85 bits per heavy atom. The minimum atomic E-state index is -0.260. The fraction of sp³-hybridized carbons (Fsp3) is 0.250. The molecule has 0 saturated heterocycles. The molecule has 1 unspecified atom stereocenters. The first-order valence-electron chi connectivity index (χ1n) is 6.34. The summed E-state index contributed by atoms with van der Waals surface area (Å²) in [4.78, 5) is 0. The average Bonchev–Trinajstić information content (AvgIpc) is 2.48. The van der Waals surface area contributed by atoms with E-state index in [0.29, 0.717) is 0 Å². The molecule has 2 aromatic carbocycles. The smallest absolute Gasteiger partial charge is 0.124 e. The summed E-state index contributed by atoms with van der Waals surface area (Å²) in [6, 6.07) is 11.9. The third-order valence-corrected chi connectivity index (χ3v) is 3.22. The van der Waals surface area contributed by atoms with Crippen molar-refractivity contribution in [3.8, 4) is 11.5 Å². The molecule has 2 rings (SSSR count). The van der Waals surface area contributed by atoms with Gasteiger partial charge in [-0.25, -0.2) is 4.39 Å². The van der Waals surface area contributed by atoms with E-state index in [1.54, 1.807) is 20.3 Å². The van der Waals surface area contributed by atoms with Crippen molar-refractivity contribution in [3.63, 3.8) is 0 Å². The lowest BCUT2D eigenvalue weighted by Crippen LogP contribution is -2.18. The van der Waals surface area contributed by atoms with Crippen molar-refractivity contribution in [2.75, 3.05) is 21.3 Å². The molecule has 0 aromatic heterocycles. The first kappa shape index (κ1) is 14.3. The number of rotatable bonds is 5. The van der Waals surface area contributed by atoms with Gasteiger partial charge in [0.2, 0.25) is 0 Å². The molecule has 0 bridgehead atoms. The number of halogens is 1. The predicted octanol–water partition coefficient (Wildman–Crippen LogP) is 3.15. The van der Waals surface area contributed by atoms with Gasteiger partial charge in [-0.05, 0) is 42.9 Å². The largest absolute Gasteiger partial charge is 0.497 e. The van der Waals surface area contributed by atoms with Gasteiger partial charge >= 0.3 is 0 Å². The van der Waals surface area contributed by atoms with Crippen LogP contribution >= 0.6 is 0 Å². The normalized spacial score (nSPS) is 12.0. The molecule has 0 aliphatic heterocycles. The number of ether oxygens (including phenoxy) is 2. The highest BCUT2D eigenvalue weighted by molar-refractivity contribution is 5.46. The number of methoxy groups -OCH3 is 2. The van der Waals surface area contributed by atoms with Crippen LogP contribution in [0.4, 0.5) is 4.39 Å². The van der Waals surface area contributed by atoms with Gasteiger partial charge in [-0.2, -0.15) is 0 Å². The number of hydrogen-bond donors (Lipinski definition) is 1. The zero-order valence-corrected chi connectivity index (χ0v) is 11.8. The molecule has 4 heteroatoms. The monoisotopic (exact) mass is 275 g/mol. The molecule has 20 heavy (non-hydrogen) atoms. The second-order valence-corrected chi connectivity index (χ2v) is 4.38. The molecular weight excluding hydrogens is 257 g/mol. The van der Waals surface area contributed by atoms with E-state index >= 15 is 0 Å². The van der Waals surface area contributed by atoms with Gasteiger partial charge in [0.15, 0.2) is 0 Å². The van der Waals surface area contributed by atoms with Crippen LogP contribution in [0.3, 0.4) is 0 Å². The van der Waals surface area contributed by atoms with E-state index < -0.39 is 0 Å². The molecule has 0 aliphatic rings. The van der Waals surface area contributed by atoms with E-state index in [4.69, 9.17) is 9.47 Å². The number of benzene rings is 2. The molecule has 0 aliphatic carbocycles. The summed E-state index contributed by atoms with van der Waals surface area (Å²) in [6.07, 6.45) is 0. The zero-order valence-electron chi connectivity index (χ0n) is 11.8. The first-order valence-corrected chi connectivity index (χ1v) is 6.34. The second kappa shape index (κ2) is 6.39. The molecule has 0 saturated carbocycles. The Labute approximate surface area is 118 Å². The van der Waals surface area contributed by atoms with Crippen molar-refractivity contribution in [3.05, 3.63) is 59.4 Å². The van der Waals surface area contributed by atoms with Gasteiger partial charge in [0, 0.05) is 5.56 Å². The summed E-state index contributed by atoms with van der Waals surface area (Å²) < 4.78 is 24.1. The van der Waals surface area contributed by atoms with E-state index in [2.05, 4.69) is 5.32 Å². The standard InChI is InChI=1S/C16H18FNO2/c1-18-16(11-5-4-6-12(17)9-11)14-10-13(19-2)7-8-15(14)20-3/h4-10,16,18H,1-3H3. The molecule has 0 amide bonds. The van der Waals surface area contributed by atoms with Crippen LogP contribution in [0.25, 0.3) is 0 Å². The third-order valence-electron chi connectivity index (χ3n) is 3.22. The van der Waals surface area contributed by atoms with E-state index in [0.717, 1.165) is 22.6 Å². The van der Waals surface area contributed by atoms with Gasteiger partial charge in [0.05, 0.1) is 20.3 Å². The van der Waals surface area contributed by atoms with Gasteiger partial charge < -0.3 is 14.8 Å². The summed E-state index contributed by atoms with van der Waals surface area (Å²) in [6.45, 7) is 0. The molecule has 0 radical (unpaired) electrons. The molecule has 0 spiro atoms. The molecule has 0 heterocycles. The van der Waals surface area contributed by atoms with Crippen molar-refractivity contribution < 1.29 is 13.9 Å².